The second-order valence-electron chi connectivity index (χ2n) is 6.91. The van der Waals surface area contributed by atoms with Crippen molar-refractivity contribution in [3.05, 3.63) is 72.1 Å². The molecule has 1 aliphatic heterocycles. The van der Waals surface area contributed by atoms with Gasteiger partial charge in [0.1, 0.15) is 11.5 Å². The number of likely N-dealkylation sites (tertiary alicyclic amines) is 1. The van der Waals surface area contributed by atoms with E-state index < -0.39 is 0 Å². The highest BCUT2D eigenvalue weighted by Crippen LogP contribution is 2.27. The van der Waals surface area contributed by atoms with Gasteiger partial charge in [-0.25, -0.2) is 9.97 Å². The van der Waals surface area contributed by atoms with Gasteiger partial charge in [-0.05, 0) is 31.4 Å². The number of piperidine rings is 1. The molecule has 1 amide bonds. The Hall–Kier alpha value is -3.09. The number of carbonyl (C=O) groups excluding carboxylic acids is 1. The van der Waals surface area contributed by atoms with Gasteiger partial charge in [-0.2, -0.15) is 0 Å². The maximum absolute atomic E-state index is 12.8. The van der Waals surface area contributed by atoms with Gasteiger partial charge < -0.3 is 9.47 Å². The van der Waals surface area contributed by atoms with Crippen molar-refractivity contribution in [1.29, 1.82) is 0 Å². The number of imidazole rings is 1. The highest BCUT2D eigenvalue weighted by atomic mass is 16.2. The van der Waals surface area contributed by atoms with Crippen LogP contribution in [0.4, 0.5) is 0 Å². The number of amides is 1. The van der Waals surface area contributed by atoms with Crippen LogP contribution < -0.4 is 0 Å². The largest absolute Gasteiger partial charge is 0.337 e. The Morgan fingerprint density at radius 1 is 1.19 bits per heavy atom. The van der Waals surface area contributed by atoms with Crippen molar-refractivity contribution in [1.82, 2.24) is 29.4 Å². The van der Waals surface area contributed by atoms with Gasteiger partial charge in [0.05, 0.1) is 18.4 Å². The standard InChI is InChI=1S/C20H22N6O/c1-15-10-24-18(12-23-15)20(27)26-8-3-5-17(14-26)19-22-7-9-25(19)13-16-4-2-6-21-11-16/h2,4,6-7,9-12,17H,3,5,8,13-14H2,1H3. The van der Waals surface area contributed by atoms with Crippen molar-refractivity contribution in [2.75, 3.05) is 13.1 Å². The SMILES string of the molecule is Cc1cnc(C(=O)N2CCCC(c3nccn3Cc3cccnc3)C2)cn1. The summed E-state index contributed by atoms with van der Waals surface area (Å²) in [6, 6.07) is 4.00. The van der Waals surface area contributed by atoms with E-state index in [9.17, 15) is 4.79 Å². The Kier molecular flexibility index (Phi) is 4.91. The number of pyridine rings is 1. The number of carbonyl (C=O) groups is 1. The minimum atomic E-state index is -0.0578. The summed E-state index contributed by atoms with van der Waals surface area (Å²) in [5.74, 6) is 1.18. The normalized spacial score (nSPS) is 17.1. The Bertz CT molecular complexity index is 906. The average molecular weight is 362 g/mol. The lowest BCUT2D eigenvalue weighted by molar-refractivity contribution is 0.0697. The van der Waals surface area contributed by atoms with Crippen LogP contribution in [0.15, 0.2) is 49.3 Å². The maximum atomic E-state index is 12.8. The smallest absolute Gasteiger partial charge is 0.274 e. The second kappa shape index (κ2) is 7.65. The average Bonchev–Trinajstić information content (AvgIpc) is 3.17. The Morgan fingerprint density at radius 2 is 2.11 bits per heavy atom. The predicted molar refractivity (Wildman–Crippen MR) is 100 cm³/mol. The lowest BCUT2D eigenvalue weighted by atomic mass is 9.96. The third kappa shape index (κ3) is 3.86. The van der Waals surface area contributed by atoms with Crippen molar-refractivity contribution in [2.24, 2.45) is 0 Å². The first-order valence-corrected chi connectivity index (χ1v) is 9.18. The molecule has 3 aromatic heterocycles. The van der Waals surface area contributed by atoms with E-state index in [1.54, 1.807) is 18.6 Å². The van der Waals surface area contributed by atoms with Crippen molar-refractivity contribution >= 4 is 5.91 Å². The summed E-state index contributed by atoms with van der Waals surface area (Å²) in [6.07, 6.45) is 12.6. The fourth-order valence-corrected chi connectivity index (χ4v) is 3.54. The maximum Gasteiger partial charge on any atom is 0.274 e. The molecule has 138 valence electrons. The molecule has 1 saturated heterocycles. The third-order valence-corrected chi connectivity index (χ3v) is 4.90. The summed E-state index contributed by atoms with van der Waals surface area (Å²) < 4.78 is 2.15. The van der Waals surface area contributed by atoms with Crippen LogP contribution in [0.3, 0.4) is 0 Å². The summed E-state index contributed by atoms with van der Waals surface area (Å²) in [7, 11) is 0. The molecule has 0 aliphatic carbocycles. The zero-order valence-electron chi connectivity index (χ0n) is 15.3. The van der Waals surface area contributed by atoms with Gasteiger partial charge in [-0.3, -0.25) is 14.8 Å². The molecule has 4 heterocycles. The molecule has 7 heteroatoms. The van der Waals surface area contributed by atoms with E-state index in [4.69, 9.17) is 0 Å². The Labute approximate surface area is 158 Å². The fraction of sp³-hybridized carbons (Fsp3) is 0.350. The predicted octanol–water partition coefficient (Wildman–Crippen LogP) is 2.44. The van der Waals surface area contributed by atoms with Crippen LogP contribution in [0.1, 0.15) is 46.3 Å². The number of aryl methyl sites for hydroxylation is 1. The molecule has 0 N–H and O–H groups in total. The topological polar surface area (TPSA) is 76.8 Å². The zero-order valence-corrected chi connectivity index (χ0v) is 15.3. The number of aromatic nitrogens is 5. The van der Waals surface area contributed by atoms with Crippen molar-refractivity contribution in [2.45, 2.75) is 32.2 Å². The van der Waals surface area contributed by atoms with E-state index in [1.165, 1.54) is 0 Å². The van der Waals surface area contributed by atoms with Crippen LogP contribution in [0.25, 0.3) is 0 Å². The molecule has 27 heavy (non-hydrogen) atoms. The number of rotatable bonds is 4. The molecule has 1 fully saturated rings. The summed E-state index contributed by atoms with van der Waals surface area (Å²) in [5.41, 5.74) is 2.34. The molecular weight excluding hydrogens is 340 g/mol. The molecule has 0 aromatic carbocycles. The van der Waals surface area contributed by atoms with Crippen molar-refractivity contribution in [3.8, 4) is 0 Å². The van der Waals surface area contributed by atoms with Gasteiger partial charge in [0.15, 0.2) is 0 Å². The summed E-state index contributed by atoms with van der Waals surface area (Å²) in [5, 5.41) is 0. The first-order chi connectivity index (χ1) is 13.2. The minimum Gasteiger partial charge on any atom is -0.337 e. The van der Waals surface area contributed by atoms with Gasteiger partial charge in [-0.15, -0.1) is 0 Å². The van der Waals surface area contributed by atoms with Crippen LogP contribution >= 0.6 is 0 Å². The van der Waals surface area contributed by atoms with Gasteiger partial charge in [0.25, 0.3) is 5.91 Å². The first-order valence-electron chi connectivity index (χ1n) is 9.18. The van der Waals surface area contributed by atoms with Gasteiger partial charge >= 0.3 is 0 Å². The fourth-order valence-electron chi connectivity index (χ4n) is 3.54. The second-order valence-corrected chi connectivity index (χ2v) is 6.91. The van der Waals surface area contributed by atoms with Crippen molar-refractivity contribution in [3.63, 3.8) is 0 Å². The van der Waals surface area contributed by atoms with E-state index in [-0.39, 0.29) is 11.8 Å². The van der Waals surface area contributed by atoms with Crippen LogP contribution in [-0.2, 0) is 6.54 Å². The van der Waals surface area contributed by atoms with E-state index in [0.717, 1.165) is 43.0 Å². The van der Waals surface area contributed by atoms with Gasteiger partial charge in [0, 0.05) is 50.0 Å². The van der Waals surface area contributed by atoms with Crippen LogP contribution in [0.5, 0.6) is 0 Å². The highest BCUT2D eigenvalue weighted by molar-refractivity contribution is 5.92. The number of hydrogen-bond donors (Lipinski definition) is 0. The lowest BCUT2D eigenvalue weighted by Gasteiger charge is -2.32. The van der Waals surface area contributed by atoms with Gasteiger partial charge in [0.2, 0.25) is 0 Å². The molecule has 4 rings (SSSR count). The van der Waals surface area contributed by atoms with E-state index in [1.807, 2.05) is 36.5 Å². The molecule has 0 spiro atoms. The quantitative estimate of drug-likeness (QED) is 0.712. The minimum absolute atomic E-state index is 0.0578. The number of hydrogen-bond acceptors (Lipinski definition) is 5. The molecule has 1 aliphatic rings. The summed E-state index contributed by atoms with van der Waals surface area (Å²) in [6.45, 7) is 3.99. The van der Waals surface area contributed by atoms with E-state index >= 15 is 0 Å². The van der Waals surface area contributed by atoms with Gasteiger partial charge in [-0.1, -0.05) is 6.07 Å². The Morgan fingerprint density at radius 3 is 2.89 bits per heavy atom. The van der Waals surface area contributed by atoms with E-state index in [0.29, 0.717) is 12.2 Å². The monoisotopic (exact) mass is 362 g/mol. The highest BCUT2D eigenvalue weighted by Gasteiger charge is 2.28. The molecule has 7 nitrogen and oxygen atoms in total. The third-order valence-electron chi connectivity index (χ3n) is 4.90. The molecule has 0 saturated carbocycles. The van der Waals surface area contributed by atoms with E-state index in [2.05, 4.69) is 30.6 Å². The van der Waals surface area contributed by atoms with Crippen molar-refractivity contribution < 1.29 is 4.79 Å². The molecule has 0 radical (unpaired) electrons. The molecule has 0 bridgehead atoms. The molecule has 1 atom stereocenters. The first kappa shape index (κ1) is 17.3. The molecule has 1 unspecified atom stereocenters. The zero-order chi connectivity index (χ0) is 18.6. The summed E-state index contributed by atoms with van der Waals surface area (Å²) >= 11 is 0. The van der Waals surface area contributed by atoms with Crippen LogP contribution in [0, 0.1) is 6.92 Å². The Balaban J connectivity index is 1.50. The lowest BCUT2D eigenvalue weighted by Crippen LogP contribution is -2.40. The van der Waals surface area contributed by atoms with Crippen LogP contribution in [-0.4, -0.2) is 48.4 Å². The number of nitrogens with zero attached hydrogens (tertiary/aromatic N) is 6. The van der Waals surface area contributed by atoms with Crippen LogP contribution in [0.2, 0.25) is 0 Å². The molecule has 3 aromatic rings. The summed E-state index contributed by atoms with van der Waals surface area (Å²) in [4.78, 5) is 31.9. The molecular formula is C20H22N6O.